The molecule has 0 fully saturated rings. The first-order valence-corrected chi connectivity index (χ1v) is 9.24. The Morgan fingerprint density at radius 3 is 2.89 bits per heavy atom. The molecule has 7 nitrogen and oxygen atoms in total. The number of thiophene rings is 1. The highest BCUT2D eigenvalue weighted by molar-refractivity contribution is 7.12. The molecule has 0 saturated heterocycles. The molecule has 0 bridgehead atoms. The number of nitrogens with one attached hydrogen (secondary N) is 1. The molecular weight excluding hydrogens is 366 g/mol. The van der Waals surface area contributed by atoms with Gasteiger partial charge in [-0.2, -0.15) is 0 Å². The van der Waals surface area contributed by atoms with Crippen molar-refractivity contribution in [2.75, 3.05) is 16.8 Å². The first-order valence-electron chi connectivity index (χ1n) is 8.37. The molecule has 3 heterocycles. The Bertz CT molecular complexity index is 991. The average molecular weight is 383 g/mol. The van der Waals surface area contributed by atoms with E-state index in [0.717, 1.165) is 11.3 Å². The molecule has 8 heteroatoms. The minimum absolute atomic E-state index is 0.0305. The Morgan fingerprint density at radius 1 is 1.33 bits per heavy atom. The lowest BCUT2D eigenvalue weighted by Gasteiger charge is -2.29. The number of amides is 2. The van der Waals surface area contributed by atoms with E-state index in [1.54, 1.807) is 29.2 Å². The number of anilines is 2. The summed E-state index contributed by atoms with van der Waals surface area (Å²) in [7, 11) is 0. The number of nitrogens with zero attached hydrogens (tertiary/aromatic N) is 2. The van der Waals surface area contributed by atoms with Crippen molar-refractivity contribution in [1.82, 2.24) is 5.16 Å². The maximum absolute atomic E-state index is 12.5. The number of fused-ring (bicyclic) bond motifs is 1. The molecule has 1 aliphatic heterocycles. The molecule has 0 unspecified atom stereocenters. The molecule has 4 rings (SSSR count). The van der Waals surface area contributed by atoms with Crippen LogP contribution in [0.25, 0.3) is 0 Å². The highest BCUT2D eigenvalue weighted by Crippen LogP contribution is 2.36. The summed E-state index contributed by atoms with van der Waals surface area (Å²) in [6.07, 6.45) is 0. The van der Waals surface area contributed by atoms with E-state index in [4.69, 9.17) is 9.26 Å². The smallest absolute Gasteiger partial charge is 0.265 e. The van der Waals surface area contributed by atoms with Crippen molar-refractivity contribution in [2.45, 2.75) is 20.4 Å². The van der Waals surface area contributed by atoms with Gasteiger partial charge >= 0.3 is 0 Å². The van der Waals surface area contributed by atoms with Gasteiger partial charge in [0.15, 0.2) is 6.61 Å². The Kier molecular flexibility index (Phi) is 4.41. The Balaban J connectivity index is 1.64. The fourth-order valence-corrected chi connectivity index (χ4v) is 3.56. The van der Waals surface area contributed by atoms with Crippen molar-refractivity contribution in [3.63, 3.8) is 0 Å². The molecule has 0 spiro atoms. The molecule has 0 aliphatic carbocycles. The Labute approximate surface area is 159 Å². The molecular formula is C19H17N3O4S. The van der Waals surface area contributed by atoms with Crippen LogP contribution >= 0.6 is 11.3 Å². The van der Waals surface area contributed by atoms with E-state index in [2.05, 4.69) is 10.5 Å². The molecule has 0 atom stereocenters. The predicted octanol–water partition coefficient (Wildman–Crippen LogP) is 3.53. The van der Waals surface area contributed by atoms with Crippen LogP contribution in [-0.2, 0) is 11.3 Å². The lowest BCUT2D eigenvalue weighted by Crippen LogP contribution is -2.38. The molecule has 2 aromatic heterocycles. The summed E-state index contributed by atoms with van der Waals surface area (Å²) < 4.78 is 10.7. The first-order chi connectivity index (χ1) is 13.0. The number of hydrogen-bond donors (Lipinski definition) is 1. The predicted molar refractivity (Wildman–Crippen MR) is 101 cm³/mol. The van der Waals surface area contributed by atoms with Gasteiger partial charge < -0.3 is 19.5 Å². The lowest BCUT2D eigenvalue weighted by atomic mass is 10.1. The van der Waals surface area contributed by atoms with Gasteiger partial charge in [-0.25, -0.2) is 0 Å². The summed E-state index contributed by atoms with van der Waals surface area (Å²) in [6, 6.07) is 8.84. The van der Waals surface area contributed by atoms with Crippen LogP contribution in [0.15, 0.2) is 40.2 Å². The maximum Gasteiger partial charge on any atom is 0.265 e. The molecule has 2 amide bonds. The highest BCUT2D eigenvalue weighted by atomic mass is 32.1. The monoisotopic (exact) mass is 383 g/mol. The standard InChI is InChI=1S/C19H17N3O4S/c1-11-14(12(2)26-21-11)9-22-15-8-13(5-6-16(15)25-10-18(22)23)20-19(24)17-4-3-7-27-17/h3-8H,9-10H2,1-2H3,(H,20,24). The van der Waals surface area contributed by atoms with Gasteiger partial charge in [0.05, 0.1) is 22.8 Å². The van der Waals surface area contributed by atoms with Gasteiger partial charge in [0, 0.05) is 11.3 Å². The molecule has 0 saturated carbocycles. The zero-order chi connectivity index (χ0) is 19.0. The summed E-state index contributed by atoms with van der Waals surface area (Å²) in [6.45, 7) is 3.96. The zero-order valence-electron chi connectivity index (χ0n) is 14.8. The lowest BCUT2D eigenvalue weighted by molar-refractivity contribution is -0.121. The van der Waals surface area contributed by atoms with Crippen LogP contribution in [0.4, 0.5) is 11.4 Å². The van der Waals surface area contributed by atoms with Crippen LogP contribution in [0, 0.1) is 13.8 Å². The summed E-state index contributed by atoms with van der Waals surface area (Å²) in [5, 5.41) is 8.65. The topological polar surface area (TPSA) is 84.7 Å². The summed E-state index contributed by atoms with van der Waals surface area (Å²) in [4.78, 5) is 27.0. The third-order valence-electron chi connectivity index (χ3n) is 4.40. The number of carbonyl (C=O) groups is 2. The molecule has 1 aromatic carbocycles. The number of aromatic nitrogens is 1. The quantitative estimate of drug-likeness (QED) is 0.745. The zero-order valence-corrected chi connectivity index (χ0v) is 15.6. The van der Waals surface area contributed by atoms with Crippen LogP contribution < -0.4 is 15.0 Å². The van der Waals surface area contributed by atoms with E-state index >= 15 is 0 Å². The minimum Gasteiger partial charge on any atom is -0.482 e. The third kappa shape index (κ3) is 3.31. The SMILES string of the molecule is Cc1noc(C)c1CN1C(=O)COc2ccc(NC(=O)c3cccs3)cc21. The molecule has 1 aliphatic rings. The van der Waals surface area contributed by atoms with Gasteiger partial charge in [0.1, 0.15) is 11.5 Å². The van der Waals surface area contributed by atoms with Crippen LogP contribution in [0.2, 0.25) is 0 Å². The fraction of sp³-hybridized carbons (Fsp3) is 0.211. The number of carbonyl (C=O) groups excluding carboxylic acids is 2. The van der Waals surface area contributed by atoms with Crippen LogP contribution in [0.1, 0.15) is 26.7 Å². The Morgan fingerprint density at radius 2 is 2.19 bits per heavy atom. The van der Waals surface area contributed by atoms with Crippen molar-refractivity contribution in [1.29, 1.82) is 0 Å². The molecule has 138 valence electrons. The van der Waals surface area contributed by atoms with E-state index in [1.165, 1.54) is 11.3 Å². The van der Waals surface area contributed by atoms with Crippen molar-refractivity contribution in [3.8, 4) is 5.75 Å². The van der Waals surface area contributed by atoms with E-state index < -0.39 is 0 Å². The second-order valence-corrected chi connectivity index (χ2v) is 7.13. The normalized spacial score (nSPS) is 13.3. The van der Waals surface area contributed by atoms with E-state index in [1.807, 2.05) is 25.3 Å². The second kappa shape index (κ2) is 6.88. The largest absolute Gasteiger partial charge is 0.482 e. The van der Waals surface area contributed by atoms with Gasteiger partial charge in [-0.05, 0) is 43.5 Å². The van der Waals surface area contributed by atoms with Gasteiger partial charge in [-0.1, -0.05) is 11.2 Å². The molecule has 27 heavy (non-hydrogen) atoms. The number of ether oxygens (including phenoxy) is 1. The number of aryl methyl sites for hydroxylation is 2. The number of benzene rings is 1. The summed E-state index contributed by atoms with van der Waals surface area (Å²) in [5.74, 6) is 0.917. The fourth-order valence-electron chi connectivity index (χ4n) is 2.94. The van der Waals surface area contributed by atoms with Gasteiger partial charge in [0.2, 0.25) is 0 Å². The summed E-state index contributed by atoms with van der Waals surface area (Å²) >= 11 is 1.37. The highest BCUT2D eigenvalue weighted by Gasteiger charge is 2.28. The third-order valence-corrected chi connectivity index (χ3v) is 5.27. The van der Waals surface area contributed by atoms with Crippen LogP contribution in [0.5, 0.6) is 5.75 Å². The molecule has 3 aromatic rings. The second-order valence-electron chi connectivity index (χ2n) is 6.19. The van der Waals surface area contributed by atoms with Gasteiger partial charge in [-0.3, -0.25) is 9.59 Å². The summed E-state index contributed by atoms with van der Waals surface area (Å²) in [5.41, 5.74) is 2.81. The van der Waals surface area contributed by atoms with Crippen LogP contribution in [-0.4, -0.2) is 23.6 Å². The molecule has 0 radical (unpaired) electrons. The van der Waals surface area contributed by atoms with Gasteiger partial charge in [0.25, 0.3) is 11.8 Å². The van der Waals surface area contributed by atoms with E-state index in [0.29, 0.717) is 34.3 Å². The van der Waals surface area contributed by atoms with E-state index in [-0.39, 0.29) is 18.4 Å². The maximum atomic E-state index is 12.5. The van der Waals surface area contributed by atoms with Crippen molar-refractivity contribution < 1.29 is 18.8 Å². The number of hydrogen-bond acceptors (Lipinski definition) is 6. The van der Waals surface area contributed by atoms with E-state index in [9.17, 15) is 9.59 Å². The average Bonchev–Trinajstić information content (AvgIpc) is 3.29. The Hall–Kier alpha value is -3.13. The first kappa shape index (κ1) is 17.3. The van der Waals surface area contributed by atoms with Crippen molar-refractivity contribution >= 4 is 34.5 Å². The number of rotatable bonds is 4. The van der Waals surface area contributed by atoms with Crippen LogP contribution in [0.3, 0.4) is 0 Å². The van der Waals surface area contributed by atoms with Crippen molar-refractivity contribution in [3.05, 3.63) is 57.6 Å². The van der Waals surface area contributed by atoms with Gasteiger partial charge in [-0.15, -0.1) is 11.3 Å². The van der Waals surface area contributed by atoms with Crippen molar-refractivity contribution in [2.24, 2.45) is 0 Å². The minimum atomic E-state index is -0.190. The molecule has 1 N–H and O–H groups in total.